The number of aliphatic carboxylic acids is 1. The molecule has 0 radical (unpaired) electrons. The number of carboxylic acids is 1. The van der Waals surface area contributed by atoms with Crippen molar-refractivity contribution in [2.24, 2.45) is 0 Å². The van der Waals surface area contributed by atoms with E-state index >= 15 is 0 Å². The molecular weight excluding hydrogens is 506 g/mol. The van der Waals surface area contributed by atoms with Crippen LogP contribution in [-0.2, 0) is 22.6 Å². The van der Waals surface area contributed by atoms with Crippen molar-refractivity contribution < 1.29 is 28.9 Å². The molecule has 1 aliphatic rings. The van der Waals surface area contributed by atoms with Gasteiger partial charge in [0.1, 0.15) is 18.1 Å². The smallest absolute Gasteiger partial charge is 0.408 e. The highest BCUT2D eigenvalue weighted by Gasteiger charge is 2.22. The number of hydrogen-bond acceptors (Lipinski definition) is 5. The first kappa shape index (κ1) is 26.8. The van der Waals surface area contributed by atoms with Gasteiger partial charge in [-0.3, -0.25) is 4.79 Å². The topological polar surface area (TPSA) is 94.1 Å². The molecule has 4 aromatic rings. The number of benzene rings is 4. The summed E-state index contributed by atoms with van der Waals surface area (Å²) < 4.78 is 16.7. The maximum atomic E-state index is 13.1. The Morgan fingerprint density at radius 1 is 0.850 bits per heavy atom. The number of methoxy groups -OCH3 is 1. The molecular formula is C33H31NO6. The van der Waals surface area contributed by atoms with Crippen LogP contribution < -0.4 is 14.8 Å². The van der Waals surface area contributed by atoms with Gasteiger partial charge in [0, 0.05) is 6.42 Å². The Labute approximate surface area is 233 Å². The summed E-state index contributed by atoms with van der Waals surface area (Å²) >= 11 is 0. The van der Waals surface area contributed by atoms with Crippen molar-refractivity contribution in [3.05, 3.63) is 119 Å². The highest BCUT2D eigenvalue weighted by molar-refractivity contribution is 5.78. The summed E-state index contributed by atoms with van der Waals surface area (Å²) in [5.74, 6) is 0.499. The number of alkyl carbamates (subject to hydrolysis) is 1. The number of carbonyl (C=O) groups excluding carboxylic acids is 1. The first-order valence-electron chi connectivity index (χ1n) is 13.2. The molecule has 2 N–H and O–H groups in total. The van der Waals surface area contributed by atoms with Crippen LogP contribution in [-0.4, -0.2) is 30.9 Å². The van der Waals surface area contributed by atoms with Crippen LogP contribution in [0.2, 0.25) is 0 Å². The van der Waals surface area contributed by atoms with E-state index in [1.54, 1.807) is 7.11 Å². The van der Waals surface area contributed by atoms with E-state index in [1.807, 2.05) is 72.8 Å². The minimum absolute atomic E-state index is 0.0579. The fourth-order valence-corrected chi connectivity index (χ4v) is 4.99. The van der Waals surface area contributed by atoms with Gasteiger partial charge in [0.25, 0.3) is 0 Å². The molecule has 0 fully saturated rings. The van der Waals surface area contributed by atoms with Gasteiger partial charge < -0.3 is 24.6 Å². The Morgan fingerprint density at radius 3 is 2.23 bits per heavy atom. The minimum Gasteiger partial charge on any atom is -0.497 e. The number of nitrogens with one attached hydrogen (secondary N) is 1. The van der Waals surface area contributed by atoms with Crippen molar-refractivity contribution in [3.63, 3.8) is 0 Å². The summed E-state index contributed by atoms with van der Waals surface area (Å²) in [5.41, 5.74) is 7.61. The number of ether oxygens (including phenoxy) is 3. The first-order chi connectivity index (χ1) is 19.5. The Morgan fingerprint density at radius 2 is 1.52 bits per heavy atom. The quantitative estimate of drug-likeness (QED) is 0.186. The van der Waals surface area contributed by atoms with Gasteiger partial charge in [-0.05, 0) is 76.1 Å². The number of carboxylic acid groups (broad SMARTS) is 1. The first-order valence-corrected chi connectivity index (χ1v) is 13.2. The molecule has 0 aliphatic heterocycles. The number of rotatable bonds is 11. The van der Waals surface area contributed by atoms with Gasteiger partial charge in [0.05, 0.1) is 19.8 Å². The normalized spacial score (nSPS) is 12.1. The summed E-state index contributed by atoms with van der Waals surface area (Å²) in [6.45, 7) is 0.480. The molecule has 204 valence electrons. The maximum Gasteiger partial charge on any atom is 0.408 e. The molecule has 1 amide bonds. The van der Waals surface area contributed by atoms with Crippen LogP contribution in [0.1, 0.15) is 46.7 Å². The van der Waals surface area contributed by atoms with E-state index in [1.165, 1.54) is 22.3 Å². The van der Waals surface area contributed by atoms with Crippen LogP contribution in [0, 0.1) is 0 Å². The second-order valence-electron chi connectivity index (χ2n) is 9.62. The van der Waals surface area contributed by atoms with E-state index in [4.69, 9.17) is 19.3 Å². The van der Waals surface area contributed by atoms with Crippen LogP contribution in [0.5, 0.6) is 11.5 Å². The lowest BCUT2D eigenvalue weighted by Crippen LogP contribution is -2.30. The summed E-state index contributed by atoms with van der Waals surface area (Å²) in [5, 5.41) is 11.8. The lowest BCUT2D eigenvalue weighted by atomic mass is 9.98. The molecule has 7 nitrogen and oxygen atoms in total. The molecule has 1 aliphatic carbocycles. The Kier molecular flexibility index (Phi) is 8.30. The van der Waals surface area contributed by atoms with Crippen molar-refractivity contribution in [3.8, 4) is 22.6 Å². The number of fused-ring (bicyclic) bond motifs is 3. The molecule has 0 heterocycles. The largest absolute Gasteiger partial charge is 0.497 e. The van der Waals surface area contributed by atoms with Crippen molar-refractivity contribution in [1.29, 1.82) is 0 Å². The second-order valence-corrected chi connectivity index (χ2v) is 9.62. The Bertz CT molecular complexity index is 1480. The Hall–Kier alpha value is -4.78. The molecule has 4 aromatic carbocycles. The van der Waals surface area contributed by atoms with Crippen LogP contribution in [0.25, 0.3) is 11.1 Å². The van der Waals surface area contributed by atoms with Crippen molar-refractivity contribution in [2.45, 2.75) is 31.9 Å². The van der Waals surface area contributed by atoms with Crippen LogP contribution in [0.3, 0.4) is 0 Å². The third-order valence-electron chi connectivity index (χ3n) is 7.04. The van der Waals surface area contributed by atoms with Crippen LogP contribution in [0.15, 0.2) is 91.0 Å². The summed E-state index contributed by atoms with van der Waals surface area (Å²) in [6, 6.07) is 28.9. The zero-order valence-electron chi connectivity index (χ0n) is 22.3. The van der Waals surface area contributed by atoms with Gasteiger partial charge >= 0.3 is 12.1 Å². The minimum atomic E-state index is -0.846. The maximum absolute atomic E-state index is 13.1. The van der Waals surface area contributed by atoms with Gasteiger partial charge in [0.2, 0.25) is 0 Å². The number of amides is 1. The second kappa shape index (κ2) is 12.4. The fraction of sp³-hybridized carbons (Fsp3) is 0.212. The van der Waals surface area contributed by atoms with E-state index < -0.39 is 18.1 Å². The average Bonchev–Trinajstić information content (AvgIpc) is 3.37. The summed E-state index contributed by atoms with van der Waals surface area (Å²) in [7, 11) is 1.61. The third kappa shape index (κ3) is 6.26. The molecule has 0 bridgehead atoms. The standard InChI is InChI=1S/C33H31NO6/c1-38-26-15-11-22(12-16-26)32(23-13-17-27(18-14-23)39-19-5-10-31(35)36)34-33(37)40-21-25-7-4-9-29-28-8-3-2-6-24(28)20-30(25)29/h2-4,6-9,11-18,32H,5,10,19-21H2,1H3,(H,34,37)(H,35,36). The van der Waals surface area contributed by atoms with E-state index in [-0.39, 0.29) is 13.0 Å². The van der Waals surface area contributed by atoms with Gasteiger partial charge in [0.15, 0.2) is 0 Å². The molecule has 7 heteroatoms. The van der Waals surface area contributed by atoms with Crippen molar-refractivity contribution in [2.75, 3.05) is 13.7 Å². The number of hydrogen-bond donors (Lipinski definition) is 2. The van der Waals surface area contributed by atoms with E-state index in [0.717, 1.165) is 23.1 Å². The van der Waals surface area contributed by atoms with Gasteiger partial charge in [-0.1, -0.05) is 66.7 Å². The monoisotopic (exact) mass is 537 g/mol. The van der Waals surface area contributed by atoms with Crippen molar-refractivity contribution in [1.82, 2.24) is 5.32 Å². The van der Waals surface area contributed by atoms with E-state index in [2.05, 4.69) is 23.5 Å². The van der Waals surface area contributed by atoms with Gasteiger partial charge in [-0.15, -0.1) is 0 Å². The number of carbonyl (C=O) groups is 2. The molecule has 1 unspecified atom stereocenters. The zero-order valence-corrected chi connectivity index (χ0v) is 22.3. The molecule has 5 rings (SSSR count). The summed E-state index contributed by atoms with van der Waals surface area (Å²) in [6.07, 6.45) is 0.784. The van der Waals surface area contributed by atoms with Crippen molar-refractivity contribution >= 4 is 12.1 Å². The van der Waals surface area contributed by atoms with Gasteiger partial charge in [-0.25, -0.2) is 4.79 Å². The fourth-order valence-electron chi connectivity index (χ4n) is 4.99. The van der Waals surface area contributed by atoms with Crippen LogP contribution in [0.4, 0.5) is 4.79 Å². The summed E-state index contributed by atoms with van der Waals surface area (Å²) in [4.78, 5) is 23.8. The van der Waals surface area contributed by atoms with Crippen LogP contribution >= 0.6 is 0 Å². The average molecular weight is 538 g/mol. The highest BCUT2D eigenvalue weighted by atomic mass is 16.5. The van der Waals surface area contributed by atoms with E-state index in [9.17, 15) is 9.59 Å². The molecule has 0 saturated carbocycles. The molecule has 40 heavy (non-hydrogen) atoms. The van der Waals surface area contributed by atoms with E-state index in [0.29, 0.717) is 24.5 Å². The molecule has 0 aromatic heterocycles. The highest BCUT2D eigenvalue weighted by Crippen LogP contribution is 2.38. The molecule has 0 spiro atoms. The molecule has 0 saturated heterocycles. The zero-order chi connectivity index (χ0) is 27.9. The SMILES string of the molecule is COc1ccc(C(NC(=O)OCc2cccc3c2Cc2ccccc2-3)c2ccc(OCCCC(=O)O)cc2)cc1. The predicted octanol–water partition coefficient (Wildman–Crippen LogP) is 6.53. The lowest BCUT2D eigenvalue weighted by Gasteiger charge is -2.21. The molecule has 1 atom stereocenters. The Balaban J connectivity index is 1.28. The lowest BCUT2D eigenvalue weighted by molar-refractivity contribution is -0.137. The van der Waals surface area contributed by atoms with Gasteiger partial charge in [-0.2, -0.15) is 0 Å². The predicted molar refractivity (Wildman–Crippen MR) is 152 cm³/mol. The third-order valence-corrected chi connectivity index (χ3v) is 7.04.